The first-order valence-corrected chi connectivity index (χ1v) is 5.57. The fraction of sp³-hybridized carbons (Fsp3) is 0.250. The van der Waals surface area contributed by atoms with E-state index in [4.69, 9.17) is 5.73 Å². The molecular weight excluding hydrogens is 253 g/mol. The molecule has 1 aliphatic rings. The number of imide groups is 1. The summed E-state index contributed by atoms with van der Waals surface area (Å²) in [6, 6.07) is 2.89. The Kier molecular flexibility index (Phi) is 3.20. The lowest BCUT2D eigenvalue weighted by Gasteiger charge is -2.12. The number of nitrogens with two attached hydrogens (primary N) is 1. The molecule has 0 saturated carbocycles. The van der Waals surface area contributed by atoms with Gasteiger partial charge in [-0.05, 0) is 12.1 Å². The highest BCUT2D eigenvalue weighted by Crippen LogP contribution is 2.17. The van der Waals surface area contributed by atoms with Gasteiger partial charge in [-0.25, -0.2) is 4.39 Å². The lowest BCUT2D eigenvalue weighted by atomic mass is 10.1. The Bertz CT molecular complexity index is 573. The van der Waals surface area contributed by atoms with Crippen LogP contribution in [0.25, 0.3) is 0 Å². The van der Waals surface area contributed by atoms with E-state index in [1.807, 2.05) is 0 Å². The molecule has 0 aromatic heterocycles. The third-order valence-electron chi connectivity index (χ3n) is 2.98. The van der Waals surface area contributed by atoms with Crippen molar-refractivity contribution in [3.8, 4) is 0 Å². The highest BCUT2D eigenvalue weighted by atomic mass is 19.1. The molecule has 0 radical (unpaired) electrons. The van der Waals surface area contributed by atoms with Crippen LogP contribution < -0.4 is 11.1 Å². The Morgan fingerprint density at radius 2 is 2.16 bits per heavy atom. The number of anilines is 1. The molecule has 1 fully saturated rings. The van der Waals surface area contributed by atoms with Crippen LogP contribution in [-0.4, -0.2) is 35.7 Å². The van der Waals surface area contributed by atoms with Crippen LogP contribution in [0.5, 0.6) is 0 Å². The summed E-state index contributed by atoms with van der Waals surface area (Å²) >= 11 is 0. The summed E-state index contributed by atoms with van der Waals surface area (Å²) in [5.41, 5.74) is 5.10. The SMILES string of the molecule is CN1C(=O)CC(NC(=O)c2cccc(F)c2N)C1=O. The third kappa shape index (κ3) is 2.26. The first-order chi connectivity index (χ1) is 8.91. The maximum atomic E-state index is 13.2. The van der Waals surface area contributed by atoms with Gasteiger partial charge in [0, 0.05) is 7.05 Å². The molecule has 3 amide bonds. The monoisotopic (exact) mass is 265 g/mol. The number of carbonyl (C=O) groups excluding carboxylic acids is 3. The number of benzene rings is 1. The van der Waals surface area contributed by atoms with E-state index >= 15 is 0 Å². The van der Waals surface area contributed by atoms with E-state index < -0.39 is 23.7 Å². The topological polar surface area (TPSA) is 92.5 Å². The highest BCUT2D eigenvalue weighted by Gasteiger charge is 2.37. The minimum absolute atomic E-state index is 0.0604. The van der Waals surface area contributed by atoms with Crippen molar-refractivity contribution in [2.45, 2.75) is 12.5 Å². The van der Waals surface area contributed by atoms with Gasteiger partial charge in [0.2, 0.25) is 5.91 Å². The van der Waals surface area contributed by atoms with Crippen LogP contribution in [0.2, 0.25) is 0 Å². The summed E-state index contributed by atoms with van der Waals surface area (Å²) in [5, 5.41) is 2.38. The molecule has 0 spiro atoms. The molecule has 1 aliphatic heterocycles. The number of nitrogens with zero attached hydrogens (tertiary/aromatic N) is 1. The number of hydrogen-bond acceptors (Lipinski definition) is 4. The smallest absolute Gasteiger partial charge is 0.254 e. The van der Waals surface area contributed by atoms with Crippen LogP contribution in [0, 0.1) is 5.82 Å². The molecule has 0 bridgehead atoms. The van der Waals surface area contributed by atoms with Crippen molar-refractivity contribution in [2.24, 2.45) is 0 Å². The zero-order chi connectivity index (χ0) is 14.2. The van der Waals surface area contributed by atoms with Gasteiger partial charge in [0.25, 0.3) is 11.8 Å². The molecule has 7 heteroatoms. The minimum atomic E-state index is -0.923. The summed E-state index contributed by atoms with van der Waals surface area (Å²) in [7, 11) is 1.34. The molecule has 1 aromatic rings. The Morgan fingerprint density at radius 3 is 2.74 bits per heavy atom. The quantitative estimate of drug-likeness (QED) is 0.576. The molecule has 0 aliphatic carbocycles. The summed E-state index contributed by atoms with van der Waals surface area (Å²) < 4.78 is 13.2. The van der Waals surface area contributed by atoms with Crippen molar-refractivity contribution < 1.29 is 18.8 Å². The third-order valence-corrected chi connectivity index (χ3v) is 2.98. The predicted molar refractivity (Wildman–Crippen MR) is 64.5 cm³/mol. The van der Waals surface area contributed by atoms with Crippen molar-refractivity contribution in [1.29, 1.82) is 0 Å². The van der Waals surface area contributed by atoms with Gasteiger partial charge in [-0.3, -0.25) is 19.3 Å². The number of rotatable bonds is 2. The fourth-order valence-corrected chi connectivity index (χ4v) is 1.84. The number of para-hydroxylation sites is 1. The van der Waals surface area contributed by atoms with Crippen molar-refractivity contribution in [2.75, 3.05) is 12.8 Å². The number of amides is 3. The van der Waals surface area contributed by atoms with Crippen molar-refractivity contribution in [1.82, 2.24) is 10.2 Å². The summed E-state index contributed by atoms with van der Waals surface area (Å²) in [4.78, 5) is 35.8. The number of halogens is 1. The van der Waals surface area contributed by atoms with Crippen molar-refractivity contribution >= 4 is 23.4 Å². The van der Waals surface area contributed by atoms with E-state index in [0.717, 1.165) is 11.0 Å². The van der Waals surface area contributed by atoms with E-state index in [2.05, 4.69) is 5.32 Å². The van der Waals surface area contributed by atoms with Gasteiger partial charge in [0.15, 0.2) is 0 Å². The summed E-state index contributed by atoms with van der Waals surface area (Å²) in [5.74, 6) is -2.26. The molecule has 3 N–H and O–H groups in total. The molecular formula is C12H12FN3O3. The highest BCUT2D eigenvalue weighted by molar-refractivity contribution is 6.08. The maximum absolute atomic E-state index is 13.2. The molecule has 1 unspecified atom stereocenters. The van der Waals surface area contributed by atoms with Crippen LogP contribution >= 0.6 is 0 Å². The Hall–Kier alpha value is -2.44. The van der Waals surface area contributed by atoms with Gasteiger partial charge in [0.1, 0.15) is 11.9 Å². The number of likely N-dealkylation sites (N-methyl/N-ethyl adjacent to an activating group) is 1. The first-order valence-electron chi connectivity index (χ1n) is 5.57. The molecule has 1 aromatic carbocycles. The van der Waals surface area contributed by atoms with Crippen molar-refractivity contribution in [3.05, 3.63) is 29.6 Å². The second kappa shape index (κ2) is 4.68. The molecule has 6 nitrogen and oxygen atoms in total. The predicted octanol–water partition coefficient (Wildman–Crippen LogP) is -0.105. The van der Waals surface area contributed by atoms with E-state index in [0.29, 0.717) is 0 Å². The van der Waals surface area contributed by atoms with Crippen LogP contribution in [0.15, 0.2) is 18.2 Å². The van der Waals surface area contributed by atoms with Gasteiger partial charge in [-0.2, -0.15) is 0 Å². The normalized spacial score (nSPS) is 18.8. The molecule has 19 heavy (non-hydrogen) atoms. The molecule has 1 heterocycles. The number of nitrogen functional groups attached to an aromatic ring is 1. The fourth-order valence-electron chi connectivity index (χ4n) is 1.84. The van der Waals surface area contributed by atoms with Gasteiger partial charge in [-0.15, -0.1) is 0 Å². The maximum Gasteiger partial charge on any atom is 0.254 e. The van der Waals surface area contributed by atoms with Crippen LogP contribution in [0.3, 0.4) is 0 Å². The first kappa shape index (κ1) is 13.0. The van der Waals surface area contributed by atoms with E-state index in [9.17, 15) is 18.8 Å². The molecule has 1 atom stereocenters. The number of nitrogens with one attached hydrogen (secondary N) is 1. The van der Waals surface area contributed by atoms with Crippen LogP contribution in [0.4, 0.5) is 10.1 Å². The zero-order valence-corrected chi connectivity index (χ0v) is 10.1. The lowest BCUT2D eigenvalue weighted by Crippen LogP contribution is -2.40. The molecule has 1 saturated heterocycles. The Labute approximate surface area is 108 Å². The number of carbonyl (C=O) groups is 3. The minimum Gasteiger partial charge on any atom is -0.396 e. The number of hydrogen-bond donors (Lipinski definition) is 2. The second-order valence-corrected chi connectivity index (χ2v) is 4.22. The van der Waals surface area contributed by atoms with E-state index in [1.54, 1.807) is 0 Å². The lowest BCUT2D eigenvalue weighted by molar-refractivity contribution is -0.137. The summed E-state index contributed by atoms with van der Waals surface area (Å²) in [6.45, 7) is 0. The van der Waals surface area contributed by atoms with E-state index in [1.165, 1.54) is 19.2 Å². The number of likely N-dealkylation sites (tertiary alicyclic amines) is 1. The van der Waals surface area contributed by atoms with Gasteiger partial charge >= 0.3 is 0 Å². The largest absolute Gasteiger partial charge is 0.396 e. The van der Waals surface area contributed by atoms with Gasteiger partial charge in [-0.1, -0.05) is 6.07 Å². The zero-order valence-electron chi connectivity index (χ0n) is 10.1. The molecule has 2 rings (SSSR count). The van der Waals surface area contributed by atoms with Crippen molar-refractivity contribution in [3.63, 3.8) is 0 Å². The van der Waals surface area contributed by atoms with E-state index in [-0.39, 0.29) is 23.6 Å². The standard InChI is InChI=1S/C12H12FN3O3/c1-16-9(17)5-8(12(16)19)15-11(18)6-3-2-4-7(13)10(6)14/h2-4,8H,5,14H2,1H3,(H,15,18). The van der Waals surface area contributed by atoms with Crippen LogP contribution in [0.1, 0.15) is 16.8 Å². The average Bonchev–Trinajstić information content (AvgIpc) is 2.60. The average molecular weight is 265 g/mol. The van der Waals surface area contributed by atoms with Gasteiger partial charge in [0.05, 0.1) is 17.7 Å². The Balaban J connectivity index is 2.16. The molecule has 100 valence electrons. The Morgan fingerprint density at radius 1 is 1.47 bits per heavy atom. The summed E-state index contributed by atoms with van der Waals surface area (Å²) in [6.07, 6.45) is -0.101. The second-order valence-electron chi connectivity index (χ2n) is 4.22. The van der Waals surface area contributed by atoms with Gasteiger partial charge < -0.3 is 11.1 Å². The van der Waals surface area contributed by atoms with Crippen LogP contribution in [-0.2, 0) is 9.59 Å².